The van der Waals surface area contributed by atoms with Crippen LogP contribution >= 0.6 is 0 Å². The molecule has 3 rings (SSSR count). The summed E-state index contributed by atoms with van der Waals surface area (Å²) >= 11 is 0. The number of benzene rings is 2. The van der Waals surface area contributed by atoms with Crippen LogP contribution in [0.15, 0.2) is 66.7 Å². The van der Waals surface area contributed by atoms with Gasteiger partial charge in [0.15, 0.2) is 0 Å². The van der Waals surface area contributed by atoms with Gasteiger partial charge in [0.2, 0.25) is 0 Å². The van der Waals surface area contributed by atoms with Crippen molar-refractivity contribution in [2.45, 2.75) is 50.8 Å². The number of allylic oxidation sites excluding steroid dienone is 1. The molecule has 2 aromatic carbocycles. The number of aliphatic hydroxyl groups excluding tert-OH is 1. The lowest BCUT2D eigenvalue weighted by molar-refractivity contribution is -0.121. The minimum Gasteiger partial charge on any atom is -0.497 e. The summed E-state index contributed by atoms with van der Waals surface area (Å²) in [6, 6.07) is 17.9. The summed E-state index contributed by atoms with van der Waals surface area (Å²) in [6.45, 7) is 1.82. The minimum atomic E-state index is -0.699. The van der Waals surface area contributed by atoms with Gasteiger partial charge in [-0.1, -0.05) is 54.6 Å². The summed E-state index contributed by atoms with van der Waals surface area (Å²) in [5.74, 6) is 0.817. The minimum absolute atomic E-state index is 0.0714. The van der Waals surface area contributed by atoms with Crippen LogP contribution in [0, 0.1) is 0 Å². The van der Waals surface area contributed by atoms with E-state index in [-0.39, 0.29) is 6.10 Å². The van der Waals surface area contributed by atoms with Crippen LogP contribution in [-0.4, -0.2) is 43.7 Å². The van der Waals surface area contributed by atoms with Crippen LogP contribution in [0.1, 0.15) is 30.4 Å². The van der Waals surface area contributed by atoms with Crippen molar-refractivity contribution in [1.82, 2.24) is 0 Å². The molecule has 0 saturated carbocycles. The molecule has 1 aliphatic heterocycles. The second-order valence-corrected chi connectivity index (χ2v) is 7.51. The Labute approximate surface area is 179 Å². The molecule has 1 aliphatic rings. The lowest BCUT2D eigenvalue weighted by Crippen LogP contribution is -2.37. The zero-order valence-corrected chi connectivity index (χ0v) is 17.6. The van der Waals surface area contributed by atoms with E-state index < -0.39 is 12.2 Å². The Morgan fingerprint density at radius 1 is 0.933 bits per heavy atom. The maximum Gasteiger partial charge on any atom is 0.118 e. The SMILES string of the molecule is COc1ccc(COC[C@@H]2O[C@@H](COCc3ccccc3)CCC/C=C\[C@H]2O)cc1. The van der Waals surface area contributed by atoms with Gasteiger partial charge < -0.3 is 24.1 Å². The van der Waals surface area contributed by atoms with Gasteiger partial charge in [0.1, 0.15) is 18.0 Å². The molecule has 3 atom stereocenters. The first-order chi connectivity index (χ1) is 14.7. The van der Waals surface area contributed by atoms with Crippen LogP contribution in [0.5, 0.6) is 5.75 Å². The number of hydrogen-bond donors (Lipinski definition) is 1. The second kappa shape index (κ2) is 12.5. The van der Waals surface area contributed by atoms with Crippen molar-refractivity contribution in [1.29, 1.82) is 0 Å². The molecule has 0 saturated heterocycles. The van der Waals surface area contributed by atoms with Crippen molar-refractivity contribution in [3.8, 4) is 5.75 Å². The molecule has 0 amide bonds. The third kappa shape index (κ3) is 7.58. The van der Waals surface area contributed by atoms with E-state index in [0.717, 1.165) is 36.1 Å². The highest BCUT2D eigenvalue weighted by molar-refractivity contribution is 5.26. The first-order valence-corrected chi connectivity index (χ1v) is 10.6. The predicted molar refractivity (Wildman–Crippen MR) is 116 cm³/mol. The lowest BCUT2D eigenvalue weighted by Gasteiger charge is -2.26. The second-order valence-electron chi connectivity index (χ2n) is 7.51. The van der Waals surface area contributed by atoms with E-state index >= 15 is 0 Å². The van der Waals surface area contributed by atoms with Gasteiger partial charge in [-0.05, 0) is 42.5 Å². The van der Waals surface area contributed by atoms with Crippen LogP contribution in [0.4, 0.5) is 0 Å². The average molecular weight is 413 g/mol. The third-order valence-corrected chi connectivity index (χ3v) is 5.10. The zero-order chi connectivity index (χ0) is 21.0. The van der Waals surface area contributed by atoms with Gasteiger partial charge >= 0.3 is 0 Å². The Kier molecular flexibility index (Phi) is 9.38. The van der Waals surface area contributed by atoms with Crippen LogP contribution in [-0.2, 0) is 27.4 Å². The molecule has 0 aromatic heterocycles. The molecule has 5 heteroatoms. The molecular weight excluding hydrogens is 380 g/mol. The van der Waals surface area contributed by atoms with E-state index in [9.17, 15) is 5.11 Å². The van der Waals surface area contributed by atoms with Gasteiger partial charge in [-0.2, -0.15) is 0 Å². The number of aliphatic hydroxyl groups is 1. The largest absolute Gasteiger partial charge is 0.497 e. The Bertz CT molecular complexity index is 744. The monoisotopic (exact) mass is 412 g/mol. The zero-order valence-electron chi connectivity index (χ0n) is 17.6. The summed E-state index contributed by atoms with van der Waals surface area (Å²) in [5.41, 5.74) is 2.19. The molecule has 0 fully saturated rings. The fourth-order valence-corrected chi connectivity index (χ4v) is 3.38. The summed E-state index contributed by atoms with van der Waals surface area (Å²) < 4.78 is 23.2. The van der Waals surface area contributed by atoms with Gasteiger partial charge in [0, 0.05) is 0 Å². The normalized spacial score (nSPS) is 23.2. The third-order valence-electron chi connectivity index (χ3n) is 5.10. The summed E-state index contributed by atoms with van der Waals surface area (Å²) in [6.07, 6.45) is 5.46. The first kappa shape index (κ1) is 22.5. The number of hydrogen-bond acceptors (Lipinski definition) is 5. The van der Waals surface area contributed by atoms with Crippen molar-refractivity contribution in [3.05, 3.63) is 77.9 Å². The fraction of sp³-hybridized carbons (Fsp3) is 0.440. The highest BCUT2D eigenvalue weighted by Gasteiger charge is 2.24. The lowest BCUT2D eigenvalue weighted by atomic mass is 10.1. The highest BCUT2D eigenvalue weighted by atomic mass is 16.6. The van der Waals surface area contributed by atoms with E-state index in [2.05, 4.69) is 0 Å². The van der Waals surface area contributed by atoms with E-state index in [1.807, 2.05) is 66.7 Å². The molecule has 0 unspecified atom stereocenters. The maximum absolute atomic E-state index is 10.5. The highest BCUT2D eigenvalue weighted by Crippen LogP contribution is 2.17. The molecule has 0 bridgehead atoms. The van der Waals surface area contributed by atoms with Crippen molar-refractivity contribution in [3.63, 3.8) is 0 Å². The topological polar surface area (TPSA) is 57.2 Å². The molecule has 5 nitrogen and oxygen atoms in total. The van der Waals surface area contributed by atoms with Gasteiger partial charge in [0.05, 0.1) is 39.6 Å². The molecular formula is C25H32O5. The smallest absolute Gasteiger partial charge is 0.118 e. The van der Waals surface area contributed by atoms with E-state index in [0.29, 0.717) is 26.4 Å². The first-order valence-electron chi connectivity index (χ1n) is 10.6. The van der Waals surface area contributed by atoms with Crippen LogP contribution in [0.2, 0.25) is 0 Å². The van der Waals surface area contributed by atoms with Crippen molar-refractivity contribution in [2.75, 3.05) is 20.3 Å². The molecule has 0 spiro atoms. The van der Waals surface area contributed by atoms with Crippen molar-refractivity contribution >= 4 is 0 Å². The molecule has 0 aliphatic carbocycles. The summed E-state index contributed by atoms with van der Waals surface area (Å²) in [5, 5.41) is 10.5. The number of ether oxygens (including phenoxy) is 4. The molecule has 1 N–H and O–H groups in total. The molecule has 1 heterocycles. The quantitative estimate of drug-likeness (QED) is 0.623. The molecule has 162 valence electrons. The average Bonchev–Trinajstić information content (AvgIpc) is 2.86. The Balaban J connectivity index is 1.50. The number of methoxy groups -OCH3 is 1. The number of rotatable bonds is 9. The van der Waals surface area contributed by atoms with Gasteiger partial charge in [0.25, 0.3) is 0 Å². The summed E-state index contributed by atoms with van der Waals surface area (Å²) in [4.78, 5) is 0. The molecule has 2 aromatic rings. The van der Waals surface area contributed by atoms with Crippen LogP contribution < -0.4 is 4.74 Å². The van der Waals surface area contributed by atoms with Crippen molar-refractivity contribution in [2.24, 2.45) is 0 Å². The van der Waals surface area contributed by atoms with E-state index in [1.165, 1.54) is 0 Å². The standard InChI is InChI=1S/C25H32O5/c1-27-22-14-12-21(13-15-22)17-29-19-25-24(26)11-7-3-6-10-23(30-25)18-28-16-20-8-4-2-5-9-20/h2,4-5,7-9,11-15,23-26H,3,6,10,16-19H2,1H3/b11-7-/t23-,24-,25+/m1/s1. The van der Waals surface area contributed by atoms with Gasteiger partial charge in [-0.3, -0.25) is 0 Å². The summed E-state index contributed by atoms with van der Waals surface area (Å²) in [7, 11) is 1.65. The van der Waals surface area contributed by atoms with Crippen molar-refractivity contribution < 1.29 is 24.1 Å². The van der Waals surface area contributed by atoms with E-state index in [4.69, 9.17) is 18.9 Å². The molecule has 0 radical (unpaired) electrons. The van der Waals surface area contributed by atoms with Gasteiger partial charge in [-0.15, -0.1) is 0 Å². The molecule has 30 heavy (non-hydrogen) atoms. The van der Waals surface area contributed by atoms with Crippen LogP contribution in [0.3, 0.4) is 0 Å². The van der Waals surface area contributed by atoms with Crippen LogP contribution in [0.25, 0.3) is 0 Å². The Morgan fingerprint density at radius 3 is 2.37 bits per heavy atom. The maximum atomic E-state index is 10.5. The van der Waals surface area contributed by atoms with E-state index in [1.54, 1.807) is 7.11 Å². The predicted octanol–water partition coefficient (Wildman–Crippen LogP) is 4.28. The Hall–Kier alpha value is -2.18. The Morgan fingerprint density at radius 2 is 1.63 bits per heavy atom. The van der Waals surface area contributed by atoms with Gasteiger partial charge in [-0.25, -0.2) is 0 Å². The fourth-order valence-electron chi connectivity index (χ4n) is 3.38.